The minimum Gasteiger partial charge on any atom is -0.406 e. The van der Waals surface area contributed by atoms with E-state index in [1.54, 1.807) is 6.92 Å². The molecule has 3 amide bonds. The van der Waals surface area contributed by atoms with Crippen molar-refractivity contribution in [3.05, 3.63) is 42.7 Å². The number of hydrogen-bond donors (Lipinski definition) is 2. The van der Waals surface area contributed by atoms with Gasteiger partial charge in [0, 0.05) is 5.56 Å². The van der Waals surface area contributed by atoms with Gasteiger partial charge in [0.15, 0.2) is 11.6 Å². The van der Waals surface area contributed by atoms with Crippen LogP contribution in [0.4, 0.5) is 9.59 Å². The van der Waals surface area contributed by atoms with Gasteiger partial charge in [0.25, 0.3) is 0 Å². The molecule has 1 aliphatic heterocycles. The Morgan fingerprint density at radius 2 is 1.96 bits per heavy atom. The number of nitrogens with zero attached hydrogens (tertiary/aromatic N) is 4. The third-order valence-corrected chi connectivity index (χ3v) is 3.07. The molecule has 0 aliphatic carbocycles. The highest BCUT2D eigenvalue weighted by atomic mass is 16.6. The number of amides is 3. The van der Waals surface area contributed by atoms with E-state index < -0.39 is 12.1 Å². The number of aromatic nitrogens is 2. The predicted octanol–water partition coefficient (Wildman–Crippen LogP) is 1.55. The number of carbonyl (C=O) groups excluding carboxylic acids is 2. The minimum atomic E-state index is -0.823. The second kappa shape index (κ2) is 6.73. The molecule has 2 aromatic rings. The summed E-state index contributed by atoms with van der Waals surface area (Å²) < 4.78 is 5.05. The molecule has 0 radical (unpaired) electrons. The van der Waals surface area contributed by atoms with Crippen molar-refractivity contribution in [2.75, 3.05) is 6.54 Å². The lowest BCUT2D eigenvalue weighted by Gasteiger charge is -2.24. The molecule has 0 bridgehead atoms. The van der Waals surface area contributed by atoms with Crippen LogP contribution in [0.1, 0.15) is 6.92 Å². The van der Waals surface area contributed by atoms with Crippen LogP contribution in [0.2, 0.25) is 0 Å². The lowest BCUT2D eigenvalue weighted by Crippen LogP contribution is -2.54. The highest BCUT2D eigenvalue weighted by Gasteiger charge is 2.21. The number of hydrazine groups is 1. The van der Waals surface area contributed by atoms with E-state index >= 15 is 0 Å². The molecule has 2 N–H and O–H groups in total. The zero-order chi connectivity index (χ0) is 16.9. The zero-order valence-corrected chi connectivity index (χ0v) is 12.8. The van der Waals surface area contributed by atoms with Gasteiger partial charge in [0.1, 0.15) is 0 Å². The molecule has 1 aromatic heterocycles. The van der Waals surface area contributed by atoms with Gasteiger partial charge in [-0.25, -0.2) is 35.4 Å². The number of urea groups is 1. The van der Waals surface area contributed by atoms with Crippen LogP contribution >= 0.6 is 0 Å². The van der Waals surface area contributed by atoms with E-state index in [0.29, 0.717) is 11.5 Å². The average molecular weight is 326 g/mol. The van der Waals surface area contributed by atoms with Crippen molar-refractivity contribution in [2.24, 2.45) is 5.10 Å². The maximum absolute atomic E-state index is 11.8. The number of benzene rings is 1. The molecule has 3 rings (SSSR count). The van der Waals surface area contributed by atoms with Crippen LogP contribution in [-0.4, -0.2) is 39.4 Å². The van der Waals surface area contributed by atoms with Gasteiger partial charge in [-0.2, -0.15) is 5.10 Å². The third-order valence-electron chi connectivity index (χ3n) is 3.07. The van der Waals surface area contributed by atoms with Crippen molar-refractivity contribution in [3.8, 4) is 17.1 Å². The van der Waals surface area contributed by atoms with E-state index in [4.69, 9.17) is 4.74 Å². The van der Waals surface area contributed by atoms with Crippen LogP contribution < -0.4 is 15.6 Å². The highest BCUT2D eigenvalue weighted by Crippen LogP contribution is 2.15. The quantitative estimate of drug-likeness (QED) is 0.889. The fraction of sp³-hybridized carbons (Fsp3) is 0.133. The molecule has 1 aliphatic rings. The van der Waals surface area contributed by atoms with Crippen LogP contribution in [-0.2, 0) is 0 Å². The van der Waals surface area contributed by atoms with Crippen LogP contribution in [0.25, 0.3) is 11.4 Å². The first-order chi connectivity index (χ1) is 11.6. The molecule has 0 fully saturated rings. The molecule has 24 heavy (non-hydrogen) atoms. The third kappa shape index (κ3) is 3.64. The van der Waals surface area contributed by atoms with Gasteiger partial charge in [0.05, 0.1) is 24.7 Å². The van der Waals surface area contributed by atoms with Crippen LogP contribution in [0.5, 0.6) is 5.75 Å². The summed E-state index contributed by atoms with van der Waals surface area (Å²) in [6, 6.07) is 8.86. The molecule has 9 heteroatoms. The normalized spacial score (nSPS) is 13.8. The summed E-state index contributed by atoms with van der Waals surface area (Å²) in [6.45, 7) is 1.89. The number of hydrogen-bond acceptors (Lipinski definition) is 6. The Labute approximate surface area is 137 Å². The van der Waals surface area contributed by atoms with Crippen molar-refractivity contribution >= 4 is 17.8 Å². The summed E-state index contributed by atoms with van der Waals surface area (Å²) in [5, 5.41) is 4.81. The standard InChI is InChI=1S/C15H14N6O3/c1-10-9-21(14(22)19-18-10)20-15(23)24-12-7-16-13(17-8-12)11-5-3-2-4-6-11/h2-8H,9H2,1H3,(H,19,22)(H,20,23). The largest absolute Gasteiger partial charge is 0.431 e. The van der Waals surface area contributed by atoms with Crippen molar-refractivity contribution < 1.29 is 14.3 Å². The van der Waals surface area contributed by atoms with Crippen molar-refractivity contribution in [1.82, 2.24) is 25.8 Å². The number of nitrogens with one attached hydrogen (secondary N) is 2. The first-order valence-corrected chi connectivity index (χ1v) is 7.08. The lowest BCUT2D eigenvalue weighted by atomic mass is 10.2. The van der Waals surface area contributed by atoms with Gasteiger partial charge in [0.2, 0.25) is 0 Å². The van der Waals surface area contributed by atoms with Gasteiger partial charge in [-0.1, -0.05) is 30.3 Å². The molecule has 0 saturated carbocycles. The van der Waals surface area contributed by atoms with Crippen LogP contribution in [0.3, 0.4) is 0 Å². The molecular formula is C15H14N6O3. The SMILES string of the molecule is CC1=NNC(=O)N(NC(=O)Oc2cnc(-c3ccccc3)nc2)C1. The van der Waals surface area contributed by atoms with E-state index in [0.717, 1.165) is 10.6 Å². The number of ether oxygens (including phenoxy) is 1. The van der Waals surface area contributed by atoms with Crippen LogP contribution in [0, 0.1) is 0 Å². The summed E-state index contributed by atoms with van der Waals surface area (Å²) in [7, 11) is 0. The smallest absolute Gasteiger partial charge is 0.406 e. The van der Waals surface area contributed by atoms with E-state index in [2.05, 4.69) is 25.9 Å². The molecule has 0 saturated heterocycles. The summed E-state index contributed by atoms with van der Waals surface area (Å²) in [5.41, 5.74) is 6.07. The molecule has 2 heterocycles. The molecule has 9 nitrogen and oxygen atoms in total. The molecule has 0 unspecified atom stereocenters. The molecule has 0 spiro atoms. The number of carbonyl (C=O) groups is 2. The van der Waals surface area contributed by atoms with Gasteiger partial charge in [-0.15, -0.1) is 0 Å². The maximum atomic E-state index is 11.8. The second-order valence-corrected chi connectivity index (χ2v) is 4.96. The van der Waals surface area contributed by atoms with Crippen molar-refractivity contribution in [3.63, 3.8) is 0 Å². The Morgan fingerprint density at radius 1 is 1.25 bits per heavy atom. The Morgan fingerprint density at radius 3 is 2.67 bits per heavy atom. The predicted molar refractivity (Wildman–Crippen MR) is 85.0 cm³/mol. The topological polar surface area (TPSA) is 109 Å². The monoisotopic (exact) mass is 326 g/mol. The van der Waals surface area contributed by atoms with Gasteiger partial charge in [-0.05, 0) is 6.92 Å². The summed E-state index contributed by atoms with van der Waals surface area (Å²) >= 11 is 0. The van der Waals surface area contributed by atoms with Gasteiger partial charge >= 0.3 is 12.1 Å². The zero-order valence-electron chi connectivity index (χ0n) is 12.8. The number of hydrazone groups is 1. The fourth-order valence-corrected chi connectivity index (χ4v) is 1.98. The first kappa shape index (κ1) is 15.4. The summed E-state index contributed by atoms with van der Waals surface area (Å²) in [6.07, 6.45) is 1.95. The van der Waals surface area contributed by atoms with E-state index in [9.17, 15) is 9.59 Å². The van der Waals surface area contributed by atoms with E-state index in [1.165, 1.54) is 12.4 Å². The van der Waals surface area contributed by atoms with Gasteiger partial charge < -0.3 is 4.74 Å². The van der Waals surface area contributed by atoms with Crippen molar-refractivity contribution in [2.45, 2.75) is 6.92 Å². The van der Waals surface area contributed by atoms with E-state index in [1.807, 2.05) is 30.3 Å². The van der Waals surface area contributed by atoms with Crippen LogP contribution in [0.15, 0.2) is 47.8 Å². The van der Waals surface area contributed by atoms with Crippen molar-refractivity contribution in [1.29, 1.82) is 0 Å². The molecular weight excluding hydrogens is 312 g/mol. The minimum absolute atomic E-state index is 0.162. The lowest BCUT2D eigenvalue weighted by molar-refractivity contribution is 0.151. The van der Waals surface area contributed by atoms with Gasteiger partial charge in [-0.3, -0.25) is 0 Å². The fourth-order valence-electron chi connectivity index (χ4n) is 1.98. The molecule has 1 aromatic carbocycles. The first-order valence-electron chi connectivity index (χ1n) is 7.08. The molecule has 122 valence electrons. The Kier molecular flexibility index (Phi) is 4.32. The highest BCUT2D eigenvalue weighted by molar-refractivity contribution is 5.92. The second-order valence-electron chi connectivity index (χ2n) is 4.96. The average Bonchev–Trinajstić information content (AvgIpc) is 2.59. The van der Waals surface area contributed by atoms with E-state index in [-0.39, 0.29) is 12.3 Å². The maximum Gasteiger partial charge on any atom is 0.431 e. The molecule has 0 atom stereocenters. The summed E-state index contributed by atoms with van der Waals surface area (Å²) in [4.78, 5) is 31.7. The Balaban J connectivity index is 1.61. The summed E-state index contributed by atoms with van der Waals surface area (Å²) in [5.74, 6) is 0.681. The number of rotatable bonds is 3. The Bertz CT molecular complexity index is 776. The Hall–Kier alpha value is -3.49.